The van der Waals surface area contributed by atoms with Gasteiger partial charge in [-0.15, -0.1) is 11.3 Å². The number of allylic oxidation sites excluding steroid dienone is 1. The van der Waals surface area contributed by atoms with Gasteiger partial charge in [-0.05, 0) is 24.8 Å². The van der Waals surface area contributed by atoms with Crippen LogP contribution in [0.5, 0.6) is 0 Å². The summed E-state index contributed by atoms with van der Waals surface area (Å²) < 4.78 is 25.6. The van der Waals surface area contributed by atoms with E-state index >= 15 is 0 Å². The molecule has 0 spiro atoms. The van der Waals surface area contributed by atoms with Gasteiger partial charge in [-0.3, -0.25) is 0 Å². The zero-order chi connectivity index (χ0) is 11.3. The summed E-state index contributed by atoms with van der Waals surface area (Å²) in [5.74, 6) is 0. The van der Waals surface area contributed by atoms with Crippen LogP contribution in [0.3, 0.4) is 0 Å². The van der Waals surface area contributed by atoms with E-state index in [0.717, 1.165) is 6.42 Å². The summed E-state index contributed by atoms with van der Waals surface area (Å²) in [4.78, 5) is 0. The highest BCUT2D eigenvalue weighted by Crippen LogP contribution is 2.19. The number of sulfonamides is 1. The third-order valence-electron chi connectivity index (χ3n) is 2.01. The van der Waals surface area contributed by atoms with Gasteiger partial charge < -0.3 is 0 Å². The van der Waals surface area contributed by atoms with E-state index in [9.17, 15) is 8.42 Å². The second kappa shape index (κ2) is 5.44. The Labute approximate surface area is 95.1 Å². The lowest BCUT2D eigenvalue weighted by Gasteiger charge is -2.14. The van der Waals surface area contributed by atoms with Crippen LogP contribution in [0.25, 0.3) is 0 Å². The maximum Gasteiger partial charge on any atom is 0.252 e. The van der Waals surface area contributed by atoms with E-state index in [1.165, 1.54) is 15.6 Å². The van der Waals surface area contributed by atoms with E-state index in [2.05, 4.69) is 0 Å². The molecule has 0 saturated heterocycles. The fourth-order valence-corrected chi connectivity index (χ4v) is 3.49. The Balaban J connectivity index is 2.70. The minimum Gasteiger partial charge on any atom is -0.206 e. The molecule has 0 fully saturated rings. The van der Waals surface area contributed by atoms with Crippen LogP contribution in [0, 0.1) is 0 Å². The molecule has 0 atom stereocenters. The molecule has 0 bridgehead atoms. The van der Waals surface area contributed by atoms with E-state index in [1.807, 2.05) is 19.1 Å². The first-order valence-electron chi connectivity index (χ1n) is 4.70. The number of rotatable bonds is 5. The number of hydrogen-bond donors (Lipinski definition) is 0. The van der Waals surface area contributed by atoms with Crippen LogP contribution in [-0.2, 0) is 10.0 Å². The second-order valence-electron chi connectivity index (χ2n) is 3.12. The third kappa shape index (κ3) is 3.15. The van der Waals surface area contributed by atoms with E-state index in [-0.39, 0.29) is 0 Å². The fourth-order valence-electron chi connectivity index (χ4n) is 1.11. The second-order valence-corrected chi connectivity index (χ2v) is 6.34. The van der Waals surface area contributed by atoms with E-state index in [0.29, 0.717) is 10.8 Å². The predicted octanol–water partition coefficient (Wildman–Crippen LogP) is 2.33. The van der Waals surface area contributed by atoms with Crippen molar-refractivity contribution in [3.05, 3.63) is 29.7 Å². The van der Waals surface area contributed by atoms with Crippen molar-refractivity contribution in [3.8, 4) is 0 Å². The molecule has 5 heteroatoms. The summed E-state index contributed by atoms with van der Waals surface area (Å²) in [7, 11) is -1.65. The molecule has 0 aliphatic heterocycles. The third-order valence-corrected chi connectivity index (χ3v) is 5.24. The molecule has 0 radical (unpaired) electrons. The monoisotopic (exact) mass is 245 g/mol. The average molecular weight is 245 g/mol. The Morgan fingerprint density at radius 3 is 2.80 bits per heavy atom. The van der Waals surface area contributed by atoms with Crippen LogP contribution in [0.15, 0.2) is 33.9 Å². The van der Waals surface area contributed by atoms with Gasteiger partial charge in [0.2, 0.25) is 0 Å². The molecule has 0 unspecified atom stereocenters. The van der Waals surface area contributed by atoms with Gasteiger partial charge in [-0.2, -0.15) is 4.31 Å². The highest BCUT2D eigenvalue weighted by Gasteiger charge is 2.20. The van der Waals surface area contributed by atoms with Gasteiger partial charge in [0.25, 0.3) is 10.0 Å². The van der Waals surface area contributed by atoms with E-state index in [4.69, 9.17) is 0 Å². The number of thiophene rings is 1. The Kier molecular flexibility index (Phi) is 4.50. The Morgan fingerprint density at radius 2 is 2.27 bits per heavy atom. The van der Waals surface area contributed by atoms with Gasteiger partial charge in [-0.1, -0.05) is 18.2 Å². The molecule has 84 valence electrons. The smallest absolute Gasteiger partial charge is 0.206 e. The standard InChI is InChI=1S/C10H15NO2S2/c1-3-4-5-8-11(2)15(12,13)10-7-6-9-14-10/h3-4,6-7,9H,5,8H2,1-2H3. The minimum atomic E-state index is -3.26. The molecule has 3 nitrogen and oxygen atoms in total. The van der Waals surface area contributed by atoms with Crippen molar-refractivity contribution in [2.24, 2.45) is 0 Å². The molecule has 15 heavy (non-hydrogen) atoms. The van der Waals surface area contributed by atoms with Gasteiger partial charge in [0.05, 0.1) is 0 Å². The topological polar surface area (TPSA) is 37.4 Å². The van der Waals surface area contributed by atoms with Crippen LogP contribution >= 0.6 is 11.3 Å². The molecular weight excluding hydrogens is 230 g/mol. The van der Waals surface area contributed by atoms with Crippen LogP contribution < -0.4 is 0 Å². The minimum absolute atomic E-state index is 0.408. The molecule has 0 aliphatic rings. The molecule has 0 aliphatic carbocycles. The molecule has 0 N–H and O–H groups in total. The van der Waals surface area contributed by atoms with Crippen molar-refractivity contribution in [2.75, 3.05) is 13.6 Å². The average Bonchev–Trinajstić information content (AvgIpc) is 2.71. The molecule has 1 aromatic heterocycles. The molecular formula is C10H15NO2S2. The van der Waals surface area contributed by atoms with Crippen molar-refractivity contribution < 1.29 is 8.42 Å². The Morgan fingerprint density at radius 1 is 1.53 bits per heavy atom. The first-order chi connectivity index (χ1) is 7.09. The van der Waals surface area contributed by atoms with Crippen molar-refractivity contribution >= 4 is 21.4 Å². The first kappa shape index (κ1) is 12.4. The van der Waals surface area contributed by atoms with E-state index < -0.39 is 10.0 Å². The van der Waals surface area contributed by atoms with Crippen LogP contribution in [-0.4, -0.2) is 26.3 Å². The largest absolute Gasteiger partial charge is 0.252 e. The van der Waals surface area contributed by atoms with E-state index in [1.54, 1.807) is 24.6 Å². The van der Waals surface area contributed by atoms with Crippen molar-refractivity contribution in [1.29, 1.82) is 0 Å². The summed E-state index contributed by atoms with van der Waals surface area (Å²) in [5, 5.41) is 1.77. The zero-order valence-corrected chi connectivity index (χ0v) is 10.5. The summed E-state index contributed by atoms with van der Waals surface area (Å²) in [6.45, 7) is 2.44. The highest BCUT2D eigenvalue weighted by atomic mass is 32.2. The molecule has 1 aromatic rings. The van der Waals surface area contributed by atoms with Gasteiger partial charge in [0.1, 0.15) is 4.21 Å². The summed E-state index contributed by atoms with van der Waals surface area (Å²) in [5.41, 5.74) is 0. The van der Waals surface area contributed by atoms with Crippen LogP contribution in [0.4, 0.5) is 0 Å². The lowest BCUT2D eigenvalue weighted by Crippen LogP contribution is -2.27. The van der Waals surface area contributed by atoms with Crippen molar-refractivity contribution in [1.82, 2.24) is 4.31 Å². The summed E-state index contributed by atoms with van der Waals surface area (Å²) >= 11 is 1.25. The van der Waals surface area contributed by atoms with Crippen molar-refractivity contribution in [3.63, 3.8) is 0 Å². The summed E-state index contributed by atoms with van der Waals surface area (Å²) in [6.07, 6.45) is 4.63. The quantitative estimate of drug-likeness (QED) is 0.747. The fraction of sp³-hybridized carbons (Fsp3) is 0.400. The van der Waals surface area contributed by atoms with Gasteiger partial charge in [0.15, 0.2) is 0 Å². The van der Waals surface area contributed by atoms with Gasteiger partial charge >= 0.3 is 0 Å². The van der Waals surface area contributed by atoms with Gasteiger partial charge in [-0.25, -0.2) is 8.42 Å². The zero-order valence-electron chi connectivity index (χ0n) is 8.88. The van der Waals surface area contributed by atoms with Crippen LogP contribution in [0.1, 0.15) is 13.3 Å². The molecule has 1 rings (SSSR count). The maximum atomic E-state index is 11.9. The summed E-state index contributed by atoms with van der Waals surface area (Å²) in [6, 6.07) is 3.38. The molecule has 0 aromatic carbocycles. The normalized spacial score (nSPS) is 12.7. The molecule has 0 amide bonds. The highest BCUT2D eigenvalue weighted by molar-refractivity contribution is 7.91. The predicted molar refractivity (Wildman–Crippen MR) is 63.6 cm³/mol. The number of hydrogen-bond acceptors (Lipinski definition) is 3. The molecule has 0 saturated carbocycles. The van der Waals surface area contributed by atoms with Gasteiger partial charge in [0, 0.05) is 13.6 Å². The Hall–Kier alpha value is -0.650. The van der Waals surface area contributed by atoms with Crippen molar-refractivity contribution in [2.45, 2.75) is 17.6 Å². The van der Waals surface area contributed by atoms with Crippen LogP contribution in [0.2, 0.25) is 0 Å². The lowest BCUT2D eigenvalue weighted by molar-refractivity contribution is 0.477. The SMILES string of the molecule is CC=CCCN(C)S(=O)(=O)c1cccs1. The lowest BCUT2D eigenvalue weighted by atomic mass is 10.4. The number of nitrogens with zero attached hydrogens (tertiary/aromatic N) is 1. The Bertz CT molecular complexity index is 407. The first-order valence-corrected chi connectivity index (χ1v) is 7.02. The molecule has 1 heterocycles. The maximum absolute atomic E-state index is 11.9.